The molecule has 0 radical (unpaired) electrons. The van der Waals surface area contributed by atoms with E-state index in [-0.39, 0.29) is 25.7 Å². The van der Waals surface area contributed by atoms with Crippen LogP contribution < -0.4 is 0 Å². The zero-order valence-corrected chi connectivity index (χ0v) is 14.3. The molecular formula is C18H20N2O6. The average molecular weight is 360 g/mol. The van der Waals surface area contributed by atoms with E-state index in [4.69, 9.17) is 0 Å². The molecule has 1 aromatic carbocycles. The number of hydrogen-bond acceptors (Lipinski definition) is 4. The van der Waals surface area contributed by atoms with Crippen molar-refractivity contribution in [1.82, 2.24) is 9.80 Å². The average Bonchev–Trinajstić information content (AvgIpc) is 3.14. The second kappa shape index (κ2) is 6.78. The van der Waals surface area contributed by atoms with E-state index in [0.29, 0.717) is 5.56 Å². The smallest absolute Gasteiger partial charge is 0.326 e. The Balaban J connectivity index is 2.11. The molecule has 0 unspecified atom stereocenters. The highest BCUT2D eigenvalue weighted by Gasteiger charge is 2.49. The normalized spacial score (nSPS) is 23.2. The Morgan fingerprint density at radius 2 is 1.35 bits per heavy atom. The van der Waals surface area contributed by atoms with E-state index in [1.807, 2.05) is 6.92 Å². The van der Waals surface area contributed by atoms with E-state index < -0.39 is 42.0 Å². The summed E-state index contributed by atoms with van der Waals surface area (Å²) >= 11 is 0. The number of rotatable bonds is 5. The van der Waals surface area contributed by atoms with Crippen molar-refractivity contribution >= 4 is 23.8 Å². The minimum Gasteiger partial charge on any atom is -0.480 e. The van der Waals surface area contributed by atoms with Crippen LogP contribution in [0, 0.1) is 6.92 Å². The maximum atomic E-state index is 12.5. The lowest BCUT2D eigenvalue weighted by molar-refractivity contribution is -0.160. The number of nitrogens with zero attached hydrogens (tertiary/aromatic N) is 2. The first kappa shape index (κ1) is 17.9. The Labute approximate surface area is 150 Å². The number of carboxylic acids is 2. The lowest BCUT2D eigenvalue weighted by atomic mass is 10.1. The van der Waals surface area contributed by atoms with Crippen LogP contribution in [0.25, 0.3) is 0 Å². The maximum Gasteiger partial charge on any atom is 0.326 e. The number of carbonyl (C=O) groups is 4. The van der Waals surface area contributed by atoms with Crippen molar-refractivity contribution in [3.63, 3.8) is 0 Å². The Hall–Kier alpha value is -2.90. The van der Waals surface area contributed by atoms with E-state index in [0.717, 1.165) is 15.4 Å². The summed E-state index contributed by atoms with van der Waals surface area (Å²) in [5.41, 5.74) is 1.48. The SMILES string of the molecule is Cc1ccc(C(N2C(=O)CC[C@H]2C(=O)O)N2C(=O)CC[C@H]2C(=O)O)cc1. The second-order valence-corrected chi connectivity index (χ2v) is 6.67. The molecule has 2 atom stereocenters. The van der Waals surface area contributed by atoms with Gasteiger partial charge in [0.2, 0.25) is 11.8 Å². The molecule has 1 aromatic rings. The van der Waals surface area contributed by atoms with Gasteiger partial charge in [0.1, 0.15) is 18.2 Å². The van der Waals surface area contributed by atoms with Gasteiger partial charge < -0.3 is 20.0 Å². The largest absolute Gasteiger partial charge is 0.480 e. The molecule has 2 aliphatic rings. The fraction of sp³-hybridized carbons (Fsp3) is 0.444. The Morgan fingerprint density at radius 1 is 0.923 bits per heavy atom. The quantitative estimate of drug-likeness (QED) is 0.814. The molecule has 26 heavy (non-hydrogen) atoms. The molecule has 138 valence electrons. The molecule has 8 heteroatoms. The van der Waals surface area contributed by atoms with E-state index in [9.17, 15) is 29.4 Å². The predicted molar refractivity (Wildman–Crippen MR) is 88.9 cm³/mol. The van der Waals surface area contributed by atoms with Gasteiger partial charge in [-0.05, 0) is 25.3 Å². The molecule has 2 amide bonds. The molecule has 0 saturated carbocycles. The number of aryl methyl sites for hydroxylation is 1. The van der Waals surface area contributed by atoms with Gasteiger partial charge in [-0.25, -0.2) is 9.59 Å². The standard InChI is InChI=1S/C18H20N2O6/c1-10-2-4-11(5-3-10)16(19-12(17(23)24)6-8-14(19)21)20-13(18(25)26)7-9-15(20)22/h2-5,12-13,16H,6-9H2,1H3,(H,23,24)(H,25,26)/t12-,13-/m0/s1. The van der Waals surface area contributed by atoms with Crippen LogP contribution in [0.1, 0.15) is 43.0 Å². The molecule has 2 fully saturated rings. The summed E-state index contributed by atoms with van der Waals surface area (Å²) in [6.45, 7) is 1.88. The summed E-state index contributed by atoms with van der Waals surface area (Å²) < 4.78 is 0. The molecule has 3 rings (SSSR count). The minimum atomic E-state index is -1.16. The lowest BCUT2D eigenvalue weighted by Gasteiger charge is -2.39. The van der Waals surface area contributed by atoms with Gasteiger partial charge in [-0.15, -0.1) is 0 Å². The molecule has 2 heterocycles. The van der Waals surface area contributed by atoms with Crippen molar-refractivity contribution in [1.29, 1.82) is 0 Å². The van der Waals surface area contributed by atoms with Crippen molar-refractivity contribution in [3.05, 3.63) is 35.4 Å². The first-order valence-corrected chi connectivity index (χ1v) is 8.45. The van der Waals surface area contributed by atoms with E-state index in [2.05, 4.69) is 0 Å². The number of carbonyl (C=O) groups excluding carboxylic acids is 2. The molecule has 0 spiro atoms. The van der Waals surface area contributed by atoms with Gasteiger partial charge in [0.25, 0.3) is 0 Å². The topological polar surface area (TPSA) is 115 Å². The van der Waals surface area contributed by atoms with Crippen molar-refractivity contribution < 1.29 is 29.4 Å². The summed E-state index contributed by atoms with van der Waals surface area (Å²) in [4.78, 5) is 50.6. The number of benzene rings is 1. The Kier molecular flexibility index (Phi) is 4.67. The number of hydrogen-bond donors (Lipinski definition) is 2. The van der Waals surface area contributed by atoms with Gasteiger partial charge in [-0.2, -0.15) is 0 Å². The van der Waals surface area contributed by atoms with E-state index >= 15 is 0 Å². The fourth-order valence-corrected chi connectivity index (χ4v) is 3.70. The Morgan fingerprint density at radius 3 is 1.73 bits per heavy atom. The molecular weight excluding hydrogens is 340 g/mol. The molecule has 0 aliphatic carbocycles. The van der Waals surface area contributed by atoms with E-state index in [1.54, 1.807) is 24.3 Å². The zero-order chi connectivity index (χ0) is 19.0. The third-order valence-electron chi connectivity index (χ3n) is 4.98. The van der Waals surface area contributed by atoms with E-state index in [1.165, 1.54) is 0 Å². The number of carboxylic acid groups (broad SMARTS) is 2. The lowest BCUT2D eigenvalue weighted by Crippen LogP contribution is -2.52. The van der Waals surface area contributed by atoms with Crippen LogP contribution in [0.4, 0.5) is 0 Å². The van der Waals surface area contributed by atoms with Crippen LogP contribution in [-0.2, 0) is 19.2 Å². The van der Waals surface area contributed by atoms with Gasteiger partial charge >= 0.3 is 11.9 Å². The highest BCUT2D eigenvalue weighted by Crippen LogP contribution is 2.38. The monoisotopic (exact) mass is 360 g/mol. The molecule has 8 nitrogen and oxygen atoms in total. The molecule has 0 bridgehead atoms. The number of aliphatic carboxylic acids is 2. The Bertz CT molecular complexity index is 717. The van der Waals surface area contributed by atoms with Crippen molar-refractivity contribution in [3.8, 4) is 0 Å². The zero-order valence-electron chi connectivity index (χ0n) is 14.3. The van der Waals surface area contributed by atoms with Gasteiger partial charge in [-0.3, -0.25) is 9.59 Å². The molecule has 2 aliphatic heterocycles. The van der Waals surface area contributed by atoms with Crippen LogP contribution in [0.5, 0.6) is 0 Å². The van der Waals surface area contributed by atoms with Crippen molar-refractivity contribution in [2.45, 2.75) is 50.9 Å². The summed E-state index contributed by atoms with van der Waals surface area (Å²) in [5.74, 6) is -3.11. The number of amides is 2. The third kappa shape index (κ3) is 3.02. The maximum absolute atomic E-state index is 12.5. The molecule has 2 saturated heterocycles. The molecule has 2 N–H and O–H groups in total. The van der Waals surface area contributed by atoms with Crippen molar-refractivity contribution in [2.75, 3.05) is 0 Å². The molecule has 0 aromatic heterocycles. The first-order valence-electron chi connectivity index (χ1n) is 8.45. The highest BCUT2D eigenvalue weighted by molar-refractivity contribution is 5.90. The van der Waals surface area contributed by atoms with Crippen molar-refractivity contribution in [2.24, 2.45) is 0 Å². The van der Waals surface area contributed by atoms with Crippen LogP contribution in [0.2, 0.25) is 0 Å². The van der Waals surface area contributed by atoms with Gasteiger partial charge in [-0.1, -0.05) is 29.8 Å². The summed E-state index contributed by atoms with van der Waals surface area (Å²) in [6.07, 6.45) is -0.659. The first-order chi connectivity index (χ1) is 12.3. The van der Waals surface area contributed by atoms with Crippen LogP contribution in [0.15, 0.2) is 24.3 Å². The highest BCUT2D eigenvalue weighted by atomic mass is 16.4. The second-order valence-electron chi connectivity index (χ2n) is 6.67. The summed E-state index contributed by atoms with van der Waals surface area (Å²) in [6, 6.07) is 4.81. The van der Waals surface area contributed by atoms with Crippen LogP contribution in [0.3, 0.4) is 0 Å². The number of likely N-dealkylation sites (tertiary alicyclic amines) is 2. The van der Waals surface area contributed by atoms with Crippen LogP contribution in [-0.4, -0.2) is 55.8 Å². The third-order valence-corrected chi connectivity index (χ3v) is 4.98. The minimum absolute atomic E-state index is 0.0547. The summed E-state index contributed by atoms with van der Waals surface area (Å²) in [5, 5.41) is 19.0. The van der Waals surface area contributed by atoms with Gasteiger partial charge in [0, 0.05) is 12.8 Å². The van der Waals surface area contributed by atoms with Gasteiger partial charge in [0.05, 0.1) is 0 Å². The fourth-order valence-electron chi connectivity index (χ4n) is 3.70. The van der Waals surface area contributed by atoms with Gasteiger partial charge in [0.15, 0.2) is 0 Å². The predicted octanol–water partition coefficient (Wildman–Crippen LogP) is 1.14. The van der Waals surface area contributed by atoms with Crippen LogP contribution >= 0.6 is 0 Å². The summed E-state index contributed by atoms with van der Waals surface area (Å²) in [7, 11) is 0.